The molecule has 0 aliphatic carbocycles. The third-order valence-electron chi connectivity index (χ3n) is 5.10. The third kappa shape index (κ3) is 5.26. The standard InChI is InChI=1S/C18H32N4O3/c1-4-20(5-2)15-6-9-21(10-7-15)17(24)14-16(23)18-19-8-11-22(18)12-13-25-3/h8,11,15-16,23H,4-7,9-10,12-14H2,1-3H3. The highest BCUT2D eigenvalue weighted by molar-refractivity contribution is 5.76. The van der Waals surface area contributed by atoms with Crippen molar-refractivity contribution in [3.63, 3.8) is 0 Å². The van der Waals surface area contributed by atoms with E-state index in [9.17, 15) is 9.90 Å². The Kier molecular flexibility index (Phi) is 7.87. The lowest BCUT2D eigenvalue weighted by Crippen LogP contribution is -2.46. The molecule has 0 aromatic carbocycles. The van der Waals surface area contributed by atoms with Crippen LogP contribution >= 0.6 is 0 Å². The number of amides is 1. The zero-order valence-electron chi connectivity index (χ0n) is 15.7. The molecule has 2 heterocycles. The first-order valence-electron chi connectivity index (χ1n) is 9.30. The molecule has 0 bridgehead atoms. The van der Waals surface area contributed by atoms with Gasteiger partial charge in [0.05, 0.1) is 13.0 Å². The molecule has 7 heteroatoms. The minimum absolute atomic E-state index is 0.00629. The van der Waals surface area contributed by atoms with Crippen LogP contribution in [0.3, 0.4) is 0 Å². The normalized spacial score (nSPS) is 17.2. The summed E-state index contributed by atoms with van der Waals surface area (Å²) in [7, 11) is 1.64. The lowest BCUT2D eigenvalue weighted by molar-refractivity contribution is -0.135. The van der Waals surface area contributed by atoms with Crippen LogP contribution in [0.2, 0.25) is 0 Å². The van der Waals surface area contributed by atoms with Crippen molar-refractivity contribution >= 4 is 5.91 Å². The molecule has 142 valence electrons. The summed E-state index contributed by atoms with van der Waals surface area (Å²) in [6.45, 7) is 9.17. The first-order chi connectivity index (χ1) is 12.1. The molecule has 25 heavy (non-hydrogen) atoms. The zero-order valence-corrected chi connectivity index (χ0v) is 15.7. The van der Waals surface area contributed by atoms with Crippen molar-refractivity contribution in [2.75, 3.05) is 39.9 Å². The molecule has 2 rings (SSSR count). The Morgan fingerprint density at radius 3 is 2.68 bits per heavy atom. The van der Waals surface area contributed by atoms with E-state index in [1.165, 1.54) is 0 Å². The van der Waals surface area contributed by atoms with E-state index in [0.717, 1.165) is 39.0 Å². The van der Waals surface area contributed by atoms with Crippen molar-refractivity contribution in [2.45, 2.75) is 51.8 Å². The highest BCUT2D eigenvalue weighted by atomic mass is 16.5. The Bertz CT molecular complexity index is 522. The molecule has 1 unspecified atom stereocenters. The van der Waals surface area contributed by atoms with Gasteiger partial charge in [0, 0.05) is 45.2 Å². The lowest BCUT2D eigenvalue weighted by atomic mass is 10.0. The molecule has 1 N–H and O–H groups in total. The molecule has 1 aromatic rings. The fraction of sp³-hybridized carbons (Fsp3) is 0.778. The van der Waals surface area contributed by atoms with Crippen LogP contribution in [-0.4, -0.2) is 76.3 Å². The SMILES string of the molecule is CCN(CC)C1CCN(C(=O)CC(O)c2nccn2CCOC)CC1. The van der Waals surface area contributed by atoms with Crippen molar-refractivity contribution in [3.8, 4) is 0 Å². The van der Waals surface area contributed by atoms with Gasteiger partial charge in [-0.1, -0.05) is 13.8 Å². The molecule has 0 saturated carbocycles. The molecule has 0 radical (unpaired) electrons. The maximum Gasteiger partial charge on any atom is 0.225 e. The smallest absolute Gasteiger partial charge is 0.225 e. The van der Waals surface area contributed by atoms with Crippen LogP contribution in [0.5, 0.6) is 0 Å². The summed E-state index contributed by atoms with van der Waals surface area (Å²) in [6.07, 6.45) is 4.67. The van der Waals surface area contributed by atoms with E-state index >= 15 is 0 Å². The van der Waals surface area contributed by atoms with Gasteiger partial charge >= 0.3 is 0 Å². The fourth-order valence-electron chi connectivity index (χ4n) is 3.60. The van der Waals surface area contributed by atoms with Crippen molar-refractivity contribution < 1.29 is 14.6 Å². The molecule has 1 aliphatic rings. The van der Waals surface area contributed by atoms with Gasteiger partial charge in [-0.15, -0.1) is 0 Å². The van der Waals surface area contributed by atoms with E-state index in [-0.39, 0.29) is 12.3 Å². The number of carbonyl (C=O) groups excluding carboxylic acids is 1. The number of likely N-dealkylation sites (tertiary alicyclic amines) is 1. The van der Waals surface area contributed by atoms with Gasteiger partial charge in [0.2, 0.25) is 5.91 Å². The highest BCUT2D eigenvalue weighted by Gasteiger charge is 2.27. The van der Waals surface area contributed by atoms with Crippen LogP contribution in [0.4, 0.5) is 0 Å². The fourth-order valence-corrected chi connectivity index (χ4v) is 3.60. The molecule has 1 aromatic heterocycles. The van der Waals surface area contributed by atoms with Crippen molar-refractivity contribution in [1.29, 1.82) is 0 Å². The number of aliphatic hydroxyl groups is 1. The Balaban J connectivity index is 1.85. The monoisotopic (exact) mass is 352 g/mol. The second kappa shape index (κ2) is 9.89. The highest BCUT2D eigenvalue weighted by Crippen LogP contribution is 2.20. The summed E-state index contributed by atoms with van der Waals surface area (Å²) in [5.41, 5.74) is 0. The van der Waals surface area contributed by atoms with Gasteiger partial charge in [-0.05, 0) is 25.9 Å². The van der Waals surface area contributed by atoms with Crippen LogP contribution in [0.15, 0.2) is 12.4 Å². The van der Waals surface area contributed by atoms with E-state index in [2.05, 4.69) is 23.7 Å². The molecule has 1 saturated heterocycles. The summed E-state index contributed by atoms with van der Waals surface area (Å²) in [5, 5.41) is 10.4. The number of hydrogen-bond acceptors (Lipinski definition) is 5. The number of nitrogens with zero attached hydrogens (tertiary/aromatic N) is 4. The summed E-state index contributed by atoms with van der Waals surface area (Å²) in [4.78, 5) is 21.1. The van der Waals surface area contributed by atoms with Gasteiger partial charge in [0.1, 0.15) is 11.9 Å². The van der Waals surface area contributed by atoms with Gasteiger partial charge in [-0.2, -0.15) is 0 Å². The molecule has 1 aliphatic heterocycles. The van der Waals surface area contributed by atoms with Gasteiger partial charge in [0.15, 0.2) is 0 Å². The van der Waals surface area contributed by atoms with Crippen LogP contribution in [0.25, 0.3) is 0 Å². The van der Waals surface area contributed by atoms with Crippen molar-refractivity contribution in [2.24, 2.45) is 0 Å². The summed E-state index contributed by atoms with van der Waals surface area (Å²) >= 11 is 0. The molecular weight excluding hydrogens is 320 g/mol. The van der Waals surface area contributed by atoms with Crippen LogP contribution < -0.4 is 0 Å². The number of ether oxygens (including phenoxy) is 1. The average molecular weight is 352 g/mol. The number of piperidine rings is 1. The first kappa shape index (κ1) is 19.9. The zero-order chi connectivity index (χ0) is 18.2. The van der Waals surface area contributed by atoms with Gasteiger partial charge < -0.3 is 24.2 Å². The third-order valence-corrected chi connectivity index (χ3v) is 5.10. The summed E-state index contributed by atoms with van der Waals surface area (Å²) in [6, 6.07) is 0.567. The van der Waals surface area contributed by atoms with Gasteiger partial charge in [-0.3, -0.25) is 4.79 Å². The molecule has 0 spiro atoms. The van der Waals surface area contributed by atoms with E-state index in [4.69, 9.17) is 4.74 Å². The number of carbonyl (C=O) groups is 1. The maximum atomic E-state index is 12.5. The molecule has 1 fully saturated rings. The maximum absolute atomic E-state index is 12.5. The van der Waals surface area contributed by atoms with E-state index in [0.29, 0.717) is 25.0 Å². The first-order valence-corrected chi connectivity index (χ1v) is 9.30. The van der Waals surface area contributed by atoms with Gasteiger partial charge in [0.25, 0.3) is 0 Å². The summed E-state index contributed by atoms with van der Waals surface area (Å²) in [5.74, 6) is 0.537. The minimum atomic E-state index is -0.875. The van der Waals surface area contributed by atoms with Crippen LogP contribution in [0, 0.1) is 0 Å². The quantitative estimate of drug-likeness (QED) is 0.725. The second-order valence-corrected chi connectivity index (χ2v) is 6.52. The number of aromatic nitrogens is 2. The number of aliphatic hydroxyl groups excluding tert-OH is 1. The van der Waals surface area contributed by atoms with E-state index in [1.54, 1.807) is 19.5 Å². The summed E-state index contributed by atoms with van der Waals surface area (Å²) < 4.78 is 6.91. The second-order valence-electron chi connectivity index (χ2n) is 6.52. The lowest BCUT2D eigenvalue weighted by Gasteiger charge is -2.38. The average Bonchev–Trinajstić information content (AvgIpc) is 3.10. The topological polar surface area (TPSA) is 70.8 Å². The Morgan fingerprint density at radius 2 is 2.08 bits per heavy atom. The predicted octanol–water partition coefficient (Wildman–Crippen LogP) is 1.29. The Morgan fingerprint density at radius 1 is 1.40 bits per heavy atom. The molecular formula is C18H32N4O3. The molecule has 1 amide bonds. The van der Waals surface area contributed by atoms with Crippen LogP contribution in [0.1, 0.15) is 45.0 Å². The Labute approximate surface area is 150 Å². The molecule has 1 atom stereocenters. The van der Waals surface area contributed by atoms with Crippen molar-refractivity contribution in [3.05, 3.63) is 18.2 Å². The largest absolute Gasteiger partial charge is 0.385 e. The van der Waals surface area contributed by atoms with Crippen LogP contribution in [-0.2, 0) is 16.1 Å². The number of rotatable bonds is 9. The number of imidazole rings is 1. The van der Waals surface area contributed by atoms with E-state index in [1.807, 2.05) is 9.47 Å². The Hall–Kier alpha value is -1.44. The number of hydrogen-bond donors (Lipinski definition) is 1. The van der Waals surface area contributed by atoms with Crippen molar-refractivity contribution in [1.82, 2.24) is 19.4 Å². The van der Waals surface area contributed by atoms with Gasteiger partial charge in [-0.25, -0.2) is 4.98 Å². The van der Waals surface area contributed by atoms with E-state index < -0.39 is 6.10 Å². The molecule has 7 nitrogen and oxygen atoms in total. The minimum Gasteiger partial charge on any atom is -0.385 e. The number of methoxy groups -OCH3 is 1. The predicted molar refractivity (Wildman–Crippen MR) is 96.2 cm³/mol.